The van der Waals surface area contributed by atoms with E-state index in [1.165, 1.54) is 18.2 Å². The van der Waals surface area contributed by atoms with Crippen LogP contribution in [0.4, 0.5) is 4.39 Å². The molecule has 0 unspecified atom stereocenters. The van der Waals surface area contributed by atoms with E-state index in [2.05, 4.69) is 10.2 Å². The molecule has 2 N–H and O–H groups in total. The lowest BCUT2D eigenvalue weighted by Gasteiger charge is -2.26. The summed E-state index contributed by atoms with van der Waals surface area (Å²) in [6.45, 7) is 0.618. The van der Waals surface area contributed by atoms with Gasteiger partial charge in [0.25, 0.3) is 5.91 Å². The fourth-order valence-corrected chi connectivity index (χ4v) is 2.47. The number of aromatic amines is 1. The molecule has 3 rings (SSSR count). The molecule has 0 bridgehead atoms. The number of halogens is 1. The van der Waals surface area contributed by atoms with Gasteiger partial charge in [0.1, 0.15) is 5.82 Å². The monoisotopic (exact) mass is 289 g/mol. The third-order valence-electron chi connectivity index (χ3n) is 3.49. The molecule has 1 aromatic heterocycles. The maximum Gasteiger partial charge on any atom is 0.356 e. The number of H-pyrrole nitrogens is 1. The van der Waals surface area contributed by atoms with Crippen LogP contribution >= 0.6 is 0 Å². The maximum absolute atomic E-state index is 13.2. The molecule has 1 aromatic carbocycles. The van der Waals surface area contributed by atoms with Crippen LogP contribution in [0.15, 0.2) is 24.3 Å². The highest BCUT2D eigenvalue weighted by Crippen LogP contribution is 2.21. The molecule has 0 radical (unpaired) electrons. The molecule has 0 atom stereocenters. The Morgan fingerprint density at radius 2 is 2.19 bits per heavy atom. The molecule has 1 aliphatic heterocycles. The molecular weight excluding hydrogens is 277 g/mol. The zero-order valence-electron chi connectivity index (χ0n) is 11.0. The number of hydrogen-bond donors (Lipinski definition) is 2. The second kappa shape index (κ2) is 5.01. The quantitative estimate of drug-likeness (QED) is 0.876. The second-order valence-electron chi connectivity index (χ2n) is 4.82. The summed E-state index contributed by atoms with van der Waals surface area (Å²) in [5.41, 5.74) is 1.52. The first-order valence-electron chi connectivity index (χ1n) is 6.40. The third kappa shape index (κ3) is 2.37. The first-order chi connectivity index (χ1) is 10.1. The van der Waals surface area contributed by atoms with Crippen LogP contribution in [0, 0.1) is 5.82 Å². The van der Waals surface area contributed by atoms with Crippen LogP contribution in [-0.2, 0) is 13.0 Å². The van der Waals surface area contributed by atoms with Gasteiger partial charge in [0, 0.05) is 17.7 Å². The highest BCUT2D eigenvalue weighted by molar-refractivity contribution is 5.94. The molecule has 2 aromatic rings. The van der Waals surface area contributed by atoms with Crippen LogP contribution in [0.2, 0.25) is 0 Å². The van der Waals surface area contributed by atoms with Gasteiger partial charge in [-0.2, -0.15) is 5.10 Å². The summed E-state index contributed by atoms with van der Waals surface area (Å²) >= 11 is 0. The van der Waals surface area contributed by atoms with Gasteiger partial charge in [0.05, 0.1) is 12.2 Å². The molecule has 7 heteroatoms. The Balaban J connectivity index is 1.83. The number of rotatable bonds is 2. The maximum atomic E-state index is 13.2. The number of benzene rings is 1. The van der Waals surface area contributed by atoms with Crippen molar-refractivity contribution in [1.82, 2.24) is 15.1 Å². The average molecular weight is 289 g/mol. The molecule has 108 valence electrons. The van der Waals surface area contributed by atoms with Gasteiger partial charge < -0.3 is 10.0 Å². The number of aromatic nitrogens is 2. The zero-order chi connectivity index (χ0) is 15.0. The van der Waals surface area contributed by atoms with Crippen molar-refractivity contribution in [3.63, 3.8) is 0 Å². The fraction of sp³-hybridized carbons (Fsp3) is 0.214. The third-order valence-corrected chi connectivity index (χ3v) is 3.49. The number of hydrogen-bond acceptors (Lipinski definition) is 3. The van der Waals surface area contributed by atoms with E-state index >= 15 is 0 Å². The predicted octanol–water partition coefficient (Wildman–Crippen LogP) is 1.45. The average Bonchev–Trinajstić information content (AvgIpc) is 2.89. The first-order valence-corrected chi connectivity index (χ1v) is 6.40. The minimum absolute atomic E-state index is 0.00264. The number of nitrogens with one attached hydrogen (secondary N) is 1. The molecule has 0 saturated heterocycles. The Labute approximate surface area is 119 Å². The number of carbonyl (C=O) groups excluding carboxylic acids is 1. The van der Waals surface area contributed by atoms with E-state index in [4.69, 9.17) is 5.11 Å². The number of carboxylic acids is 1. The summed E-state index contributed by atoms with van der Waals surface area (Å²) in [4.78, 5) is 24.9. The Morgan fingerprint density at radius 1 is 1.38 bits per heavy atom. The van der Waals surface area contributed by atoms with Crippen LogP contribution in [-0.4, -0.2) is 38.6 Å². The van der Waals surface area contributed by atoms with Gasteiger partial charge in [-0.25, -0.2) is 9.18 Å². The van der Waals surface area contributed by atoms with E-state index in [1.807, 2.05) is 0 Å². The summed E-state index contributed by atoms with van der Waals surface area (Å²) in [5, 5.41) is 15.4. The molecule has 1 amide bonds. The molecule has 21 heavy (non-hydrogen) atoms. The number of aromatic carboxylic acids is 1. The standard InChI is InChI=1S/C14H12FN3O3/c15-9-3-1-2-8(6-9)13(19)18-5-4-10-11(7-18)16-17-12(10)14(20)21/h1-3,6H,4-5,7H2,(H,16,17)(H,20,21). The lowest BCUT2D eigenvalue weighted by atomic mass is 10.0. The SMILES string of the molecule is O=C(O)c1n[nH]c2c1CCN(C(=O)c1cccc(F)c1)C2. The van der Waals surface area contributed by atoms with Crippen molar-refractivity contribution in [2.45, 2.75) is 13.0 Å². The normalized spacial score (nSPS) is 13.9. The van der Waals surface area contributed by atoms with Gasteiger partial charge in [-0.05, 0) is 24.6 Å². The number of fused-ring (bicyclic) bond motifs is 1. The van der Waals surface area contributed by atoms with Crippen LogP contribution < -0.4 is 0 Å². The van der Waals surface area contributed by atoms with Crippen LogP contribution in [0.1, 0.15) is 32.1 Å². The van der Waals surface area contributed by atoms with Crippen molar-refractivity contribution in [1.29, 1.82) is 0 Å². The molecule has 0 fully saturated rings. The van der Waals surface area contributed by atoms with Crippen molar-refractivity contribution >= 4 is 11.9 Å². The molecular formula is C14H12FN3O3. The smallest absolute Gasteiger partial charge is 0.356 e. The molecule has 2 heterocycles. The van der Waals surface area contributed by atoms with Crippen molar-refractivity contribution in [3.8, 4) is 0 Å². The van der Waals surface area contributed by atoms with Crippen molar-refractivity contribution in [2.24, 2.45) is 0 Å². The topological polar surface area (TPSA) is 86.3 Å². The van der Waals surface area contributed by atoms with E-state index in [9.17, 15) is 14.0 Å². The Morgan fingerprint density at radius 3 is 2.90 bits per heavy atom. The molecule has 1 aliphatic rings. The molecule has 6 nitrogen and oxygen atoms in total. The largest absolute Gasteiger partial charge is 0.476 e. The van der Waals surface area contributed by atoms with E-state index in [0.717, 1.165) is 0 Å². The summed E-state index contributed by atoms with van der Waals surface area (Å²) < 4.78 is 13.2. The Hall–Kier alpha value is -2.70. The van der Waals surface area contributed by atoms with Crippen molar-refractivity contribution < 1.29 is 19.1 Å². The van der Waals surface area contributed by atoms with E-state index in [1.54, 1.807) is 11.0 Å². The van der Waals surface area contributed by atoms with Crippen LogP contribution in [0.5, 0.6) is 0 Å². The number of nitrogens with zero attached hydrogens (tertiary/aromatic N) is 2. The Bertz CT molecular complexity index is 726. The Kier molecular flexibility index (Phi) is 3.17. The van der Waals surface area contributed by atoms with Crippen molar-refractivity contribution in [2.75, 3.05) is 6.54 Å². The van der Waals surface area contributed by atoms with Gasteiger partial charge in [-0.1, -0.05) is 6.07 Å². The van der Waals surface area contributed by atoms with Crippen LogP contribution in [0.3, 0.4) is 0 Å². The summed E-state index contributed by atoms with van der Waals surface area (Å²) in [7, 11) is 0. The van der Waals surface area contributed by atoms with Crippen LogP contribution in [0.25, 0.3) is 0 Å². The van der Waals surface area contributed by atoms with Gasteiger partial charge >= 0.3 is 5.97 Å². The molecule has 0 saturated carbocycles. The highest BCUT2D eigenvalue weighted by Gasteiger charge is 2.27. The first kappa shape index (κ1) is 13.3. The minimum atomic E-state index is -1.09. The second-order valence-corrected chi connectivity index (χ2v) is 4.82. The predicted molar refractivity (Wildman–Crippen MR) is 70.4 cm³/mol. The van der Waals surface area contributed by atoms with Gasteiger partial charge in [-0.3, -0.25) is 9.89 Å². The number of carboxylic acid groups (broad SMARTS) is 1. The summed E-state index contributed by atoms with van der Waals surface area (Å²) in [5.74, 6) is -1.84. The lowest BCUT2D eigenvalue weighted by molar-refractivity contribution is 0.0689. The van der Waals surface area contributed by atoms with E-state index < -0.39 is 11.8 Å². The summed E-state index contributed by atoms with van der Waals surface area (Å²) in [6, 6.07) is 5.50. The van der Waals surface area contributed by atoms with Gasteiger partial charge in [-0.15, -0.1) is 0 Å². The number of carbonyl (C=O) groups is 2. The van der Waals surface area contributed by atoms with E-state index in [-0.39, 0.29) is 23.7 Å². The van der Waals surface area contributed by atoms with Crippen molar-refractivity contribution in [3.05, 3.63) is 52.6 Å². The minimum Gasteiger partial charge on any atom is -0.476 e. The van der Waals surface area contributed by atoms with Gasteiger partial charge in [0.15, 0.2) is 5.69 Å². The molecule has 0 aliphatic carbocycles. The highest BCUT2D eigenvalue weighted by atomic mass is 19.1. The lowest BCUT2D eigenvalue weighted by Crippen LogP contribution is -2.36. The van der Waals surface area contributed by atoms with Gasteiger partial charge in [0.2, 0.25) is 0 Å². The zero-order valence-corrected chi connectivity index (χ0v) is 11.0. The number of amides is 1. The van der Waals surface area contributed by atoms with E-state index in [0.29, 0.717) is 24.2 Å². The summed E-state index contributed by atoms with van der Waals surface area (Å²) in [6.07, 6.45) is 0.411. The fourth-order valence-electron chi connectivity index (χ4n) is 2.47. The molecule has 0 spiro atoms.